The number of rotatable bonds is 4. The average Bonchev–Trinajstić information content (AvgIpc) is 2.88. The third-order valence-corrected chi connectivity index (χ3v) is 4.78. The standard InChI is InChI=1S/C18H24N2O2/c1-13-17(14(2)22-19-13)12-20-10-8-16(9-11-20)18(21)15-6-4-3-5-7-15/h3-7,16,18,21H,8-12H2,1-2H3/t18-/m0/s1. The summed E-state index contributed by atoms with van der Waals surface area (Å²) in [6, 6.07) is 10.0. The highest BCUT2D eigenvalue weighted by atomic mass is 16.5. The Balaban J connectivity index is 1.56. The maximum absolute atomic E-state index is 10.5. The monoisotopic (exact) mass is 300 g/mol. The van der Waals surface area contributed by atoms with E-state index < -0.39 is 0 Å². The Morgan fingerprint density at radius 1 is 1.23 bits per heavy atom. The normalized spacial score (nSPS) is 18.5. The van der Waals surface area contributed by atoms with Crippen molar-refractivity contribution in [2.24, 2.45) is 5.92 Å². The van der Waals surface area contributed by atoms with Gasteiger partial charge in [0.2, 0.25) is 0 Å². The van der Waals surface area contributed by atoms with Crippen LogP contribution in [-0.4, -0.2) is 28.3 Å². The molecule has 118 valence electrons. The molecule has 0 radical (unpaired) electrons. The molecule has 2 aromatic rings. The number of aryl methyl sites for hydroxylation is 2. The fourth-order valence-electron chi connectivity index (χ4n) is 3.30. The molecule has 1 saturated heterocycles. The number of hydrogen-bond donors (Lipinski definition) is 1. The highest BCUT2D eigenvalue weighted by Gasteiger charge is 2.27. The fraction of sp³-hybridized carbons (Fsp3) is 0.500. The molecular formula is C18H24N2O2. The number of hydrogen-bond acceptors (Lipinski definition) is 4. The molecule has 0 unspecified atom stereocenters. The number of piperidine rings is 1. The van der Waals surface area contributed by atoms with Crippen molar-refractivity contribution >= 4 is 0 Å². The lowest BCUT2D eigenvalue weighted by atomic mass is 9.87. The van der Waals surface area contributed by atoms with Gasteiger partial charge in [0.05, 0.1) is 11.8 Å². The van der Waals surface area contributed by atoms with Crippen LogP contribution in [0.3, 0.4) is 0 Å². The molecule has 4 nitrogen and oxygen atoms in total. The lowest BCUT2D eigenvalue weighted by Crippen LogP contribution is -2.35. The van der Waals surface area contributed by atoms with Gasteiger partial charge < -0.3 is 9.63 Å². The minimum absolute atomic E-state index is 0.345. The smallest absolute Gasteiger partial charge is 0.138 e. The van der Waals surface area contributed by atoms with Crippen LogP contribution in [-0.2, 0) is 6.54 Å². The summed E-state index contributed by atoms with van der Waals surface area (Å²) in [6.07, 6.45) is 1.71. The lowest BCUT2D eigenvalue weighted by molar-refractivity contribution is 0.0566. The Morgan fingerprint density at radius 3 is 2.50 bits per heavy atom. The quantitative estimate of drug-likeness (QED) is 0.942. The van der Waals surface area contributed by atoms with Gasteiger partial charge in [-0.2, -0.15) is 0 Å². The first-order valence-electron chi connectivity index (χ1n) is 8.02. The first-order chi connectivity index (χ1) is 10.6. The van der Waals surface area contributed by atoms with Crippen molar-refractivity contribution in [2.75, 3.05) is 13.1 Å². The van der Waals surface area contributed by atoms with E-state index in [4.69, 9.17) is 4.52 Å². The Kier molecular flexibility index (Phi) is 4.60. The first-order valence-corrected chi connectivity index (χ1v) is 8.02. The summed E-state index contributed by atoms with van der Waals surface area (Å²) in [6.45, 7) is 6.89. The van der Waals surface area contributed by atoms with Gasteiger partial charge in [-0.25, -0.2) is 0 Å². The van der Waals surface area contributed by atoms with Crippen LogP contribution in [0.4, 0.5) is 0 Å². The van der Waals surface area contributed by atoms with E-state index in [2.05, 4.69) is 10.1 Å². The Bertz CT molecular complexity index is 581. The van der Waals surface area contributed by atoms with E-state index >= 15 is 0 Å². The molecule has 0 spiro atoms. The maximum Gasteiger partial charge on any atom is 0.138 e. The van der Waals surface area contributed by atoms with Crippen LogP contribution in [0.5, 0.6) is 0 Å². The van der Waals surface area contributed by atoms with E-state index in [1.807, 2.05) is 44.2 Å². The van der Waals surface area contributed by atoms with E-state index in [0.717, 1.165) is 49.5 Å². The van der Waals surface area contributed by atoms with Crippen LogP contribution in [0.15, 0.2) is 34.9 Å². The summed E-state index contributed by atoms with van der Waals surface area (Å²) in [5, 5.41) is 14.6. The predicted molar refractivity (Wildman–Crippen MR) is 85.4 cm³/mol. The summed E-state index contributed by atoms with van der Waals surface area (Å²) < 4.78 is 5.24. The van der Waals surface area contributed by atoms with Crippen LogP contribution in [0, 0.1) is 19.8 Å². The van der Waals surface area contributed by atoms with E-state index in [1.165, 1.54) is 5.56 Å². The molecule has 22 heavy (non-hydrogen) atoms. The maximum atomic E-state index is 10.5. The zero-order valence-corrected chi connectivity index (χ0v) is 13.3. The summed E-state index contributed by atoms with van der Waals surface area (Å²) in [5.74, 6) is 1.27. The van der Waals surface area contributed by atoms with Crippen molar-refractivity contribution < 1.29 is 9.63 Å². The number of benzene rings is 1. The van der Waals surface area contributed by atoms with Gasteiger partial charge in [0, 0.05) is 12.1 Å². The molecule has 0 amide bonds. The van der Waals surface area contributed by atoms with Crippen molar-refractivity contribution in [2.45, 2.75) is 39.3 Å². The summed E-state index contributed by atoms with van der Waals surface area (Å²) in [4.78, 5) is 2.43. The largest absolute Gasteiger partial charge is 0.388 e. The zero-order valence-electron chi connectivity index (χ0n) is 13.3. The van der Waals surface area contributed by atoms with Crippen LogP contribution in [0.25, 0.3) is 0 Å². The van der Waals surface area contributed by atoms with Gasteiger partial charge in [0.15, 0.2) is 0 Å². The number of likely N-dealkylation sites (tertiary alicyclic amines) is 1. The summed E-state index contributed by atoms with van der Waals surface area (Å²) in [7, 11) is 0. The third-order valence-electron chi connectivity index (χ3n) is 4.78. The number of aliphatic hydroxyl groups is 1. The second kappa shape index (κ2) is 6.63. The molecule has 1 aliphatic heterocycles. The van der Waals surface area contributed by atoms with Gasteiger partial charge >= 0.3 is 0 Å². The average molecular weight is 300 g/mol. The molecule has 4 heteroatoms. The SMILES string of the molecule is Cc1noc(C)c1CN1CCC([C@@H](O)c2ccccc2)CC1. The fourth-order valence-corrected chi connectivity index (χ4v) is 3.30. The summed E-state index contributed by atoms with van der Waals surface area (Å²) >= 11 is 0. The van der Waals surface area contributed by atoms with E-state index in [-0.39, 0.29) is 6.10 Å². The molecule has 1 N–H and O–H groups in total. The van der Waals surface area contributed by atoms with Gasteiger partial charge in [-0.1, -0.05) is 35.5 Å². The lowest BCUT2D eigenvalue weighted by Gasteiger charge is -2.34. The molecule has 2 heterocycles. The minimum atomic E-state index is -0.345. The Hall–Kier alpha value is -1.65. The van der Waals surface area contributed by atoms with Gasteiger partial charge in [-0.3, -0.25) is 4.90 Å². The molecule has 1 fully saturated rings. The van der Waals surface area contributed by atoms with Crippen molar-refractivity contribution in [1.29, 1.82) is 0 Å². The van der Waals surface area contributed by atoms with Crippen molar-refractivity contribution in [1.82, 2.24) is 10.1 Å². The van der Waals surface area contributed by atoms with Crippen LogP contribution < -0.4 is 0 Å². The molecule has 1 aromatic carbocycles. The second-order valence-corrected chi connectivity index (χ2v) is 6.27. The molecule has 1 atom stereocenters. The molecule has 0 saturated carbocycles. The molecule has 1 aromatic heterocycles. The highest BCUT2D eigenvalue weighted by Crippen LogP contribution is 2.31. The van der Waals surface area contributed by atoms with Crippen molar-refractivity contribution in [3.05, 3.63) is 52.9 Å². The van der Waals surface area contributed by atoms with Gasteiger partial charge in [0.1, 0.15) is 5.76 Å². The molecule has 0 bridgehead atoms. The van der Waals surface area contributed by atoms with Crippen LogP contribution in [0.1, 0.15) is 41.5 Å². The zero-order chi connectivity index (χ0) is 15.5. The number of aromatic nitrogens is 1. The minimum Gasteiger partial charge on any atom is -0.388 e. The topological polar surface area (TPSA) is 49.5 Å². The molecule has 0 aliphatic carbocycles. The van der Waals surface area contributed by atoms with Gasteiger partial charge in [0.25, 0.3) is 0 Å². The second-order valence-electron chi connectivity index (χ2n) is 6.27. The third kappa shape index (κ3) is 3.23. The van der Waals surface area contributed by atoms with Crippen molar-refractivity contribution in [3.63, 3.8) is 0 Å². The van der Waals surface area contributed by atoms with E-state index in [9.17, 15) is 5.11 Å². The predicted octanol–water partition coefficient (Wildman–Crippen LogP) is 3.24. The molecular weight excluding hydrogens is 276 g/mol. The van der Waals surface area contributed by atoms with Crippen LogP contribution >= 0.6 is 0 Å². The Morgan fingerprint density at radius 2 is 1.91 bits per heavy atom. The number of nitrogens with zero attached hydrogens (tertiary/aromatic N) is 2. The number of aliphatic hydroxyl groups excluding tert-OH is 1. The Labute approximate surface area is 131 Å². The van der Waals surface area contributed by atoms with E-state index in [0.29, 0.717) is 5.92 Å². The van der Waals surface area contributed by atoms with Gasteiger partial charge in [-0.05, 0) is 51.3 Å². The van der Waals surface area contributed by atoms with Gasteiger partial charge in [-0.15, -0.1) is 0 Å². The van der Waals surface area contributed by atoms with Crippen molar-refractivity contribution in [3.8, 4) is 0 Å². The molecule has 1 aliphatic rings. The summed E-state index contributed by atoms with van der Waals surface area (Å²) in [5.41, 5.74) is 3.23. The van der Waals surface area contributed by atoms with E-state index in [1.54, 1.807) is 0 Å². The molecule has 3 rings (SSSR count). The highest BCUT2D eigenvalue weighted by molar-refractivity contribution is 5.21. The van der Waals surface area contributed by atoms with Crippen LogP contribution in [0.2, 0.25) is 0 Å². The first kappa shape index (κ1) is 15.3.